The summed E-state index contributed by atoms with van der Waals surface area (Å²) in [7, 11) is 0. The number of hydrogen-bond acceptors (Lipinski definition) is 3. The summed E-state index contributed by atoms with van der Waals surface area (Å²) in [6.07, 6.45) is 0.724. The summed E-state index contributed by atoms with van der Waals surface area (Å²) >= 11 is 11.8. The van der Waals surface area contributed by atoms with E-state index in [1.165, 1.54) is 0 Å². The number of anilines is 1. The van der Waals surface area contributed by atoms with E-state index >= 15 is 0 Å². The van der Waals surface area contributed by atoms with Gasteiger partial charge in [-0.25, -0.2) is 0 Å². The van der Waals surface area contributed by atoms with Crippen molar-refractivity contribution in [1.82, 2.24) is 0 Å². The molecular formula is C17H16Cl2N2O3. The molecule has 0 bridgehead atoms. The molecule has 24 heavy (non-hydrogen) atoms. The normalized spacial score (nSPS) is 10.2. The molecule has 0 saturated carbocycles. The third kappa shape index (κ3) is 5.15. The van der Waals surface area contributed by atoms with Gasteiger partial charge in [0.2, 0.25) is 5.91 Å². The molecule has 7 heteroatoms. The van der Waals surface area contributed by atoms with E-state index in [0.717, 1.165) is 0 Å². The minimum Gasteiger partial charge on any atom is -0.492 e. The van der Waals surface area contributed by atoms with Crippen LogP contribution in [0.15, 0.2) is 42.5 Å². The highest BCUT2D eigenvalue weighted by Gasteiger charge is 2.10. The number of carbonyl (C=O) groups is 2. The fourth-order valence-electron chi connectivity index (χ4n) is 2.03. The number of nitrogens with one attached hydrogen (secondary N) is 1. The molecule has 5 nitrogen and oxygen atoms in total. The molecule has 0 radical (unpaired) electrons. The Hall–Kier alpha value is -2.24. The zero-order valence-electron chi connectivity index (χ0n) is 12.7. The van der Waals surface area contributed by atoms with E-state index in [0.29, 0.717) is 34.5 Å². The number of hydrogen-bond donors (Lipinski definition) is 2. The number of nitrogens with two attached hydrogens (primary N) is 1. The minimum atomic E-state index is -0.591. The first-order chi connectivity index (χ1) is 11.5. The van der Waals surface area contributed by atoms with Crippen LogP contribution >= 0.6 is 23.2 Å². The average Bonchev–Trinajstić information content (AvgIpc) is 2.53. The molecule has 0 aliphatic carbocycles. The highest BCUT2D eigenvalue weighted by molar-refractivity contribution is 6.35. The van der Waals surface area contributed by atoms with E-state index in [1.54, 1.807) is 42.5 Å². The summed E-state index contributed by atoms with van der Waals surface area (Å²) in [4.78, 5) is 23.3. The lowest BCUT2D eigenvalue weighted by Crippen LogP contribution is -2.18. The van der Waals surface area contributed by atoms with E-state index in [-0.39, 0.29) is 17.9 Å². The second-order valence-electron chi connectivity index (χ2n) is 4.98. The minimum absolute atomic E-state index is 0.227. The highest BCUT2D eigenvalue weighted by atomic mass is 35.5. The van der Waals surface area contributed by atoms with E-state index in [9.17, 15) is 9.59 Å². The first-order valence-corrected chi connectivity index (χ1v) is 7.99. The van der Waals surface area contributed by atoms with Gasteiger partial charge in [0.05, 0.1) is 22.9 Å². The van der Waals surface area contributed by atoms with Crippen LogP contribution in [-0.2, 0) is 4.79 Å². The molecule has 2 rings (SSSR count). The molecule has 0 fully saturated rings. The Morgan fingerprint density at radius 2 is 1.88 bits per heavy atom. The van der Waals surface area contributed by atoms with Crippen molar-refractivity contribution < 1.29 is 14.3 Å². The molecule has 3 N–H and O–H groups in total. The summed E-state index contributed by atoms with van der Waals surface area (Å²) in [6, 6.07) is 11.5. The Kier molecular flexibility index (Phi) is 6.46. The third-order valence-corrected chi connectivity index (χ3v) is 3.70. The van der Waals surface area contributed by atoms with Crippen molar-refractivity contribution in [3.63, 3.8) is 0 Å². The van der Waals surface area contributed by atoms with Crippen molar-refractivity contribution in [1.29, 1.82) is 0 Å². The zero-order chi connectivity index (χ0) is 17.5. The molecule has 0 saturated heterocycles. The van der Waals surface area contributed by atoms with Gasteiger partial charge < -0.3 is 15.8 Å². The summed E-state index contributed by atoms with van der Waals surface area (Å²) in [6.45, 7) is 0.326. The largest absolute Gasteiger partial charge is 0.492 e. The number of halogens is 2. The van der Waals surface area contributed by atoms with Crippen LogP contribution in [0.1, 0.15) is 23.2 Å². The van der Waals surface area contributed by atoms with Crippen molar-refractivity contribution in [2.24, 2.45) is 5.73 Å². The first-order valence-electron chi connectivity index (χ1n) is 7.24. The van der Waals surface area contributed by atoms with Gasteiger partial charge in [-0.05, 0) is 36.8 Å². The van der Waals surface area contributed by atoms with Gasteiger partial charge in [-0.15, -0.1) is 0 Å². The Morgan fingerprint density at radius 3 is 2.58 bits per heavy atom. The predicted octanol–water partition coefficient (Wildman–Crippen LogP) is 3.89. The van der Waals surface area contributed by atoms with Crippen molar-refractivity contribution in [3.05, 3.63) is 58.1 Å². The summed E-state index contributed by atoms with van der Waals surface area (Å²) < 4.78 is 5.51. The van der Waals surface area contributed by atoms with Crippen LogP contribution in [0.4, 0.5) is 5.69 Å². The summed E-state index contributed by atoms with van der Waals surface area (Å²) in [5.41, 5.74) is 5.94. The lowest BCUT2D eigenvalue weighted by Gasteiger charge is -2.10. The quantitative estimate of drug-likeness (QED) is 0.729. The number of rotatable bonds is 7. The fraction of sp³-hybridized carbons (Fsp3) is 0.176. The summed E-state index contributed by atoms with van der Waals surface area (Å²) in [5.74, 6) is -0.304. The molecule has 0 heterocycles. The Morgan fingerprint density at radius 1 is 1.12 bits per heavy atom. The fourth-order valence-corrected chi connectivity index (χ4v) is 2.49. The van der Waals surface area contributed by atoms with Gasteiger partial charge in [-0.1, -0.05) is 35.3 Å². The number of ether oxygens (including phenoxy) is 1. The second kappa shape index (κ2) is 8.57. The van der Waals surface area contributed by atoms with Gasteiger partial charge in [-0.3, -0.25) is 9.59 Å². The van der Waals surface area contributed by atoms with Crippen molar-refractivity contribution in [2.45, 2.75) is 12.8 Å². The van der Waals surface area contributed by atoms with Crippen molar-refractivity contribution in [3.8, 4) is 5.75 Å². The maximum Gasteiger partial charge on any atom is 0.250 e. The molecule has 0 aromatic heterocycles. The van der Waals surface area contributed by atoms with Gasteiger partial charge in [0.25, 0.3) is 5.91 Å². The first kappa shape index (κ1) is 18.1. The third-order valence-electron chi connectivity index (χ3n) is 3.17. The molecule has 0 spiro atoms. The van der Waals surface area contributed by atoms with Gasteiger partial charge in [-0.2, -0.15) is 0 Å². The van der Waals surface area contributed by atoms with Crippen LogP contribution in [0.2, 0.25) is 10.0 Å². The lowest BCUT2D eigenvalue weighted by atomic mass is 10.1. The van der Waals surface area contributed by atoms with Crippen LogP contribution in [0, 0.1) is 0 Å². The Bertz CT molecular complexity index is 750. The van der Waals surface area contributed by atoms with Crippen LogP contribution in [0.25, 0.3) is 0 Å². The smallest absolute Gasteiger partial charge is 0.250 e. The average molecular weight is 367 g/mol. The summed E-state index contributed by atoms with van der Waals surface area (Å²) in [5, 5.41) is 3.62. The standard InChI is InChI=1S/C17H16Cl2N2O3/c18-11-7-8-15(13(19)10-11)24-9-3-6-16(22)21-14-5-2-1-4-12(14)17(20)23/h1-2,4-5,7-8,10H,3,6,9H2,(H2,20,23)(H,21,22). The van der Waals surface area contributed by atoms with E-state index in [4.69, 9.17) is 33.7 Å². The molecule has 0 atom stereocenters. The molecule has 2 aromatic carbocycles. The molecule has 2 amide bonds. The molecule has 2 aromatic rings. The predicted molar refractivity (Wildman–Crippen MR) is 94.8 cm³/mol. The molecular weight excluding hydrogens is 351 g/mol. The van der Waals surface area contributed by atoms with E-state index in [2.05, 4.69) is 5.32 Å². The van der Waals surface area contributed by atoms with Gasteiger partial charge >= 0.3 is 0 Å². The molecule has 0 aliphatic rings. The molecule has 0 aliphatic heterocycles. The Balaban J connectivity index is 1.81. The van der Waals surface area contributed by atoms with E-state index in [1.807, 2.05) is 0 Å². The number of para-hydroxylation sites is 1. The van der Waals surface area contributed by atoms with E-state index < -0.39 is 5.91 Å². The number of amides is 2. The monoisotopic (exact) mass is 366 g/mol. The van der Waals surface area contributed by atoms with Crippen molar-refractivity contribution >= 4 is 40.7 Å². The maximum absolute atomic E-state index is 11.9. The highest BCUT2D eigenvalue weighted by Crippen LogP contribution is 2.27. The Labute approximate surface area is 149 Å². The van der Waals surface area contributed by atoms with Crippen LogP contribution in [0.3, 0.4) is 0 Å². The maximum atomic E-state index is 11.9. The number of primary amides is 1. The van der Waals surface area contributed by atoms with Crippen LogP contribution in [0.5, 0.6) is 5.75 Å². The molecule has 0 unspecified atom stereocenters. The van der Waals surface area contributed by atoms with Crippen LogP contribution in [-0.4, -0.2) is 18.4 Å². The van der Waals surface area contributed by atoms with Gasteiger partial charge in [0.1, 0.15) is 5.75 Å². The van der Waals surface area contributed by atoms with Gasteiger partial charge in [0, 0.05) is 11.4 Å². The number of benzene rings is 2. The second-order valence-corrected chi connectivity index (χ2v) is 5.83. The molecule has 126 valence electrons. The zero-order valence-corrected chi connectivity index (χ0v) is 14.2. The number of carbonyl (C=O) groups excluding carboxylic acids is 2. The lowest BCUT2D eigenvalue weighted by molar-refractivity contribution is -0.116. The van der Waals surface area contributed by atoms with Crippen LogP contribution < -0.4 is 15.8 Å². The topological polar surface area (TPSA) is 81.4 Å². The van der Waals surface area contributed by atoms with Gasteiger partial charge in [0.15, 0.2) is 0 Å². The SMILES string of the molecule is NC(=O)c1ccccc1NC(=O)CCCOc1ccc(Cl)cc1Cl. The van der Waals surface area contributed by atoms with Crippen molar-refractivity contribution in [2.75, 3.05) is 11.9 Å².